The Kier molecular flexibility index (Phi) is 9.55. The lowest BCUT2D eigenvalue weighted by molar-refractivity contribution is 0.163. The summed E-state index contributed by atoms with van der Waals surface area (Å²) < 4.78 is 4.18. The normalized spacial score (nSPS) is 39.5. The molecule has 9 heteroatoms. The van der Waals surface area contributed by atoms with Gasteiger partial charge in [-0.05, 0) is 6.92 Å². The third-order valence-corrected chi connectivity index (χ3v) is 6.14. The van der Waals surface area contributed by atoms with Gasteiger partial charge >= 0.3 is 6.09 Å². The number of primary amides is 1. The first kappa shape index (κ1) is 19.0. The summed E-state index contributed by atoms with van der Waals surface area (Å²) in [4.78, 5) is 9.60. The van der Waals surface area contributed by atoms with Crippen molar-refractivity contribution in [3.63, 3.8) is 0 Å². The maximum atomic E-state index is 9.60. The monoisotopic (exact) mass is 377 g/mol. The van der Waals surface area contributed by atoms with Gasteiger partial charge in [0.1, 0.15) is 0 Å². The van der Waals surface area contributed by atoms with Crippen molar-refractivity contribution < 1.29 is 9.53 Å². The van der Waals surface area contributed by atoms with Gasteiger partial charge in [-0.1, -0.05) is 0 Å². The van der Waals surface area contributed by atoms with Crippen LogP contribution in [-0.4, -0.2) is 45.0 Å². The Hall–Kier alpha value is 1.01. The number of rotatable bonds is 1. The zero-order valence-corrected chi connectivity index (χ0v) is 13.9. The minimum atomic E-state index is -0.711. The SMILES string of the molecule is CCOC(N)=O.Cl[C@H]1[C@H](Cl)[C@@H](Cl)[C@@H](Cl)[C@H](Cl)[C@H]1Cl. The summed E-state index contributed by atoms with van der Waals surface area (Å²) >= 11 is 35.3. The standard InChI is InChI=1S/C6H6Cl6.C3H7NO2/c7-1-2(8)4(10)6(12)5(11)3(1)9;1-2-6-3(4)5/h1-6H;2H2,1H3,(H2,4,5)/t1-,2-,3-,4+,5+,6+;. The zero-order chi connectivity index (χ0) is 14.5. The second-order valence-electron chi connectivity index (χ2n) is 3.42. The molecule has 0 aromatic rings. The minimum absolute atomic E-state index is 0.356. The predicted octanol–water partition coefficient (Wildman–Crippen LogP) is 3.75. The Morgan fingerprint density at radius 3 is 1.17 bits per heavy atom. The smallest absolute Gasteiger partial charge is 0.404 e. The van der Waals surface area contributed by atoms with Crippen LogP contribution >= 0.6 is 69.6 Å². The first-order valence-electron chi connectivity index (χ1n) is 5.00. The second kappa shape index (κ2) is 9.04. The summed E-state index contributed by atoms with van der Waals surface area (Å²) in [5.74, 6) is 0. The van der Waals surface area contributed by atoms with E-state index in [2.05, 4.69) is 10.5 Å². The number of halogens is 6. The first-order valence-corrected chi connectivity index (χ1v) is 7.62. The van der Waals surface area contributed by atoms with Gasteiger partial charge in [0.15, 0.2) is 0 Å². The minimum Gasteiger partial charge on any atom is -0.450 e. The van der Waals surface area contributed by atoms with Crippen LogP contribution in [0.25, 0.3) is 0 Å². The van der Waals surface area contributed by atoms with Crippen molar-refractivity contribution in [3.8, 4) is 0 Å². The molecule has 0 bridgehead atoms. The lowest BCUT2D eigenvalue weighted by atomic mass is 9.97. The Balaban J connectivity index is 0.000000411. The van der Waals surface area contributed by atoms with Gasteiger partial charge in [-0.25, -0.2) is 4.79 Å². The highest BCUT2D eigenvalue weighted by atomic mass is 35.5. The van der Waals surface area contributed by atoms with E-state index < -0.39 is 38.4 Å². The topological polar surface area (TPSA) is 52.3 Å². The summed E-state index contributed by atoms with van der Waals surface area (Å²) in [5, 5.41) is -2.62. The molecule has 0 unspecified atom stereocenters. The highest BCUT2D eigenvalue weighted by Gasteiger charge is 2.46. The first-order chi connectivity index (χ1) is 8.23. The molecule has 3 nitrogen and oxygen atoms in total. The number of hydrogen-bond donors (Lipinski definition) is 1. The van der Waals surface area contributed by atoms with Gasteiger partial charge in [0.2, 0.25) is 0 Å². The van der Waals surface area contributed by atoms with Gasteiger partial charge < -0.3 is 10.5 Å². The van der Waals surface area contributed by atoms with Crippen LogP contribution in [0.2, 0.25) is 0 Å². The largest absolute Gasteiger partial charge is 0.450 e. The molecular weight excluding hydrogens is 367 g/mol. The van der Waals surface area contributed by atoms with Crippen molar-refractivity contribution in [2.75, 3.05) is 6.61 Å². The predicted molar refractivity (Wildman–Crippen MR) is 79.1 cm³/mol. The van der Waals surface area contributed by atoms with Crippen molar-refractivity contribution >= 4 is 75.7 Å². The maximum Gasteiger partial charge on any atom is 0.404 e. The molecule has 0 aliphatic heterocycles. The highest BCUT2D eigenvalue weighted by Crippen LogP contribution is 2.39. The average Bonchev–Trinajstić information content (AvgIpc) is 2.32. The van der Waals surface area contributed by atoms with Gasteiger partial charge in [0.05, 0.1) is 38.9 Å². The van der Waals surface area contributed by atoms with Crippen molar-refractivity contribution in [2.45, 2.75) is 39.2 Å². The van der Waals surface area contributed by atoms with E-state index in [-0.39, 0.29) is 0 Å². The molecule has 0 aromatic carbocycles. The Labute approximate surface area is 136 Å². The molecule has 1 amide bonds. The molecule has 108 valence electrons. The fourth-order valence-electron chi connectivity index (χ4n) is 1.20. The van der Waals surface area contributed by atoms with Crippen molar-refractivity contribution in [2.24, 2.45) is 5.73 Å². The number of alkyl halides is 6. The van der Waals surface area contributed by atoms with Crippen LogP contribution in [0, 0.1) is 0 Å². The van der Waals surface area contributed by atoms with Gasteiger partial charge in [0, 0.05) is 0 Å². The van der Waals surface area contributed by atoms with E-state index in [0.29, 0.717) is 6.61 Å². The molecule has 1 aliphatic rings. The fourth-order valence-corrected chi connectivity index (χ4v) is 3.52. The van der Waals surface area contributed by atoms with E-state index >= 15 is 0 Å². The van der Waals surface area contributed by atoms with Gasteiger partial charge in [-0.2, -0.15) is 0 Å². The molecule has 2 N–H and O–H groups in total. The number of nitrogens with two attached hydrogens (primary N) is 1. The number of carbonyl (C=O) groups excluding carboxylic acids is 1. The molecule has 1 aliphatic carbocycles. The number of carbonyl (C=O) groups is 1. The lowest BCUT2D eigenvalue weighted by Crippen LogP contribution is -2.52. The third kappa shape index (κ3) is 5.56. The molecule has 1 rings (SSSR count). The summed E-state index contributed by atoms with van der Waals surface area (Å²) in [7, 11) is 0. The molecule has 0 aromatic heterocycles. The van der Waals surface area contributed by atoms with Crippen LogP contribution in [0.1, 0.15) is 6.92 Å². The van der Waals surface area contributed by atoms with Crippen LogP contribution in [0.15, 0.2) is 0 Å². The van der Waals surface area contributed by atoms with Crippen molar-refractivity contribution in [1.29, 1.82) is 0 Å². The average molecular weight is 380 g/mol. The molecule has 0 atom stereocenters. The molecule has 0 radical (unpaired) electrons. The molecule has 0 saturated heterocycles. The van der Waals surface area contributed by atoms with E-state index in [9.17, 15) is 4.79 Å². The molecule has 0 heterocycles. The van der Waals surface area contributed by atoms with E-state index in [0.717, 1.165) is 0 Å². The van der Waals surface area contributed by atoms with Crippen LogP contribution in [0.4, 0.5) is 4.79 Å². The van der Waals surface area contributed by atoms with Crippen LogP contribution < -0.4 is 5.73 Å². The molecule has 0 spiro atoms. The maximum absolute atomic E-state index is 9.60. The third-order valence-electron chi connectivity index (χ3n) is 2.11. The molecule has 18 heavy (non-hydrogen) atoms. The van der Waals surface area contributed by atoms with Gasteiger partial charge in [0.25, 0.3) is 0 Å². The summed E-state index contributed by atoms with van der Waals surface area (Å²) in [6.45, 7) is 2.06. The Bertz CT molecular complexity index is 211. The van der Waals surface area contributed by atoms with Crippen molar-refractivity contribution in [1.82, 2.24) is 0 Å². The quantitative estimate of drug-likeness (QED) is 0.705. The zero-order valence-electron chi connectivity index (χ0n) is 9.33. The molecule has 1 saturated carbocycles. The van der Waals surface area contributed by atoms with Crippen LogP contribution in [-0.2, 0) is 4.74 Å². The number of amides is 1. The second-order valence-corrected chi connectivity index (χ2v) is 6.44. The molecule has 1 fully saturated rings. The lowest BCUT2D eigenvalue weighted by Gasteiger charge is -2.37. The van der Waals surface area contributed by atoms with E-state index in [1.54, 1.807) is 6.92 Å². The van der Waals surface area contributed by atoms with Crippen LogP contribution in [0.5, 0.6) is 0 Å². The van der Waals surface area contributed by atoms with Crippen LogP contribution in [0.3, 0.4) is 0 Å². The summed E-state index contributed by atoms with van der Waals surface area (Å²) in [6.07, 6.45) is -0.711. The highest BCUT2D eigenvalue weighted by molar-refractivity contribution is 6.45. The fraction of sp³-hybridized carbons (Fsp3) is 0.889. The Morgan fingerprint density at radius 2 is 1.11 bits per heavy atom. The number of ether oxygens (including phenoxy) is 1. The van der Waals surface area contributed by atoms with E-state index in [1.165, 1.54) is 0 Å². The van der Waals surface area contributed by atoms with E-state index in [1.807, 2.05) is 0 Å². The number of hydrogen-bond acceptors (Lipinski definition) is 2. The van der Waals surface area contributed by atoms with Gasteiger partial charge in [-0.3, -0.25) is 0 Å². The summed E-state index contributed by atoms with van der Waals surface area (Å²) in [6, 6.07) is 0. The van der Waals surface area contributed by atoms with E-state index in [4.69, 9.17) is 69.6 Å². The summed E-state index contributed by atoms with van der Waals surface area (Å²) in [5.41, 5.74) is 4.54. The van der Waals surface area contributed by atoms with Crippen molar-refractivity contribution in [3.05, 3.63) is 0 Å². The Morgan fingerprint density at radius 1 is 0.889 bits per heavy atom. The van der Waals surface area contributed by atoms with Gasteiger partial charge in [-0.15, -0.1) is 69.6 Å². The molecular formula is C9H13Cl6NO2.